The third-order valence-electron chi connectivity index (χ3n) is 3.43. The lowest BCUT2D eigenvalue weighted by atomic mass is 10.0. The Hall–Kier alpha value is -2.40. The van der Waals surface area contributed by atoms with Gasteiger partial charge in [0.1, 0.15) is 5.75 Å². The van der Waals surface area contributed by atoms with Gasteiger partial charge in [0.25, 0.3) is 5.91 Å². The molecule has 0 atom stereocenters. The molecule has 0 aliphatic rings. The molecule has 0 spiro atoms. The lowest BCUT2D eigenvalue weighted by Crippen LogP contribution is -2.20. The van der Waals surface area contributed by atoms with Crippen molar-refractivity contribution < 1.29 is 14.3 Å². The molecule has 4 nitrogen and oxygen atoms in total. The third-order valence-corrected chi connectivity index (χ3v) is 3.92. The molecule has 2 rings (SSSR count). The van der Waals surface area contributed by atoms with Crippen LogP contribution < -0.4 is 10.5 Å². The zero-order valence-electron chi connectivity index (χ0n) is 13.5. The first-order valence-electron chi connectivity index (χ1n) is 7.37. The smallest absolute Gasteiger partial charge is 0.255 e. The molecule has 0 aliphatic carbocycles. The minimum Gasteiger partial charge on any atom is -0.483 e. The zero-order valence-corrected chi connectivity index (χ0v) is 15.1. The Morgan fingerprint density at radius 2 is 1.92 bits per heavy atom. The third kappa shape index (κ3) is 4.80. The predicted molar refractivity (Wildman–Crippen MR) is 98.1 cm³/mol. The number of allylic oxidation sites excluding steroid dienone is 1. The summed E-state index contributed by atoms with van der Waals surface area (Å²) in [7, 11) is 0. The number of primary amides is 1. The van der Waals surface area contributed by atoms with Crippen molar-refractivity contribution in [3.05, 3.63) is 69.2 Å². The van der Waals surface area contributed by atoms with Gasteiger partial charge in [-0.05, 0) is 49.2 Å². The first kappa shape index (κ1) is 17.9. The second-order valence-corrected chi connectivity index (χ2v) is 6.37. The highest BCUT2D eigenvalue weighted by molar-refractivity contribution is 9.10. The lowest BCUT2D eigenvalue weighted by molar-refractivity contribution is -0.119. The largest absolute Gasteiger partial charge is 0.483 e. The zero-order chi connectivity index (χ0) is 17.7. The quantitative estimate of drug-likeness (QED) is 0.604. The lowest BCUT2D eigenvalue weighted by Gasteiger charge is -2.09. The summed E-state index contributed by atoms with van der Waals surface area (Å²) in [5, 5.41) is 0. The monoisotopic (exact) mass is 387 g/mol. The molecular formula is C19H18BrNO3. The fourth-order valence-corrected chi connectivity index (χ4v) is 2.53. The first-order chi connectivity index (χ1) is 11.4. The van der Waals surface area contributed by atoms with Gasteiger partial charge in [0.2, 0.25) is 0 Å². The number of amides is 1. The van der Waals surface area contributed by atoms with Crippen LogP contribution in [0.1, 0.15) is 27.0 Å². The second kappa shape index (κ2) is 7.93. The second-order valence-electron chi connectivity index (χ2n) is 5.45. The highest BCUT2D eigenvalue weighted by Crippen LogP contribution is 2.24. The molecular weight excluding hydrogens is 370 g/mol. The number of halogens is 1. The van der Waals surface area contributed by atoms with Crippen molar-refractivity contribution in [3.8, 4) is 5.75 Å². The highest BCUT2D eigenvalue weighted by Gasteiger charge is 2.12. The predicted octanol–water partition coefficient (Wildman–Crippen LogP) is 3.83. The summed E-state index contributed by atoms with van der Waals surface area (Å²) in [5.41, 5.74) is 8.65. The molecule has 5 heteroatoms. The van der Waals surface area contributed by atoms with Crippen LogP contribution in [-0.2, 0) is 4.79 Å². The Morgan fingerprint density at radius 3 is 2.62 bits per heavy atom. The van der Waals surface area contributed by atoms with E-state index in [1.807, 2.05) is 32.0 Å². The van der Waals surface area contributed by atoms with Crippen molar-refractivity contribution in [1.29, 1.82) is 0 Å². The van der Waals surface area contributed by atoms with Gasteiger partial charge in [0.05, 0.1) is 5.56 Å². The summed E-state index contributed by atoms with van der Waals surface area (Å²) in [6, 6.07) is 11.1. The van der Waals surface area contributed by atoms with Crippen LogP contribution in [0.4, 0.5) is 0 Å². The number of ketones is 1. The van der Waals surface area contributed by atoms with E-state index in [9.17, 15) is 9.59 Å². The van der Waals surface area contributed by atoms with E-state index in [-0.39, 0.29) is 12.4 Å². The molecule has 0 saturated carbocycles. The molecule has 0 fully saturated rings. The molecule has 0 aliphatic heterocycles. The Morgan fingerprint density at radius 1 is 1.17 bits per heavy atom. The van der Waals surface area contributed by atoms with E-state index < -0.39 is 5.91 Å². The van der Waals surface area contributed by atoms with Gasteiger partial charge in [-0.2, -0.15) is 0 Å². The molecule has 24 heavy (non-hydrogen) atoms. The molecule has 0 bridgehead atoms. The van der Waals surface area contributed by atoms with Crippen LogP contribution >= 0.6 is 15.9 Å². The van der Waals surface area contributed by atoms with Crippen LogP contribution in [0, 0.1) is 13.8 Å². The summed E-state index contributed by atoms with van der Waals surface area (Å²) >= 11 is 3.34. The molecule has 2 N–H and O–H groups in total. The minimum atomic E-state index is -0.595. The molecule has 0 radical (unpaired) electrons. The number of hydrogen-bond donors (Lipinski definition) is 1. The Bertz CT molecular complexity index is 812. The Balaban J connectivity index is 2.28. The number of nitrogens with two attached hydrogens (primary N) is 1. The maximum absolute atomic E-state index is 12.5. The van der Waals surface area contributed by atoms with Gasteiger partial charge in [-0.25, -0.2) is 0 Å². The number of hydrogen-bond acceptors (Lipinski definition) is 3. The van der Waals surface area contributed by atoms with Crippen LogP contribution in [0.25, 0.3) is 6.08 Å². The number of aryl methyl sites for hydroxylation is 2. The number of carbonyl (C=O) groups is 2. The van der Waals surface area contributed by atoms with Gasteiger partial charge in [-0.15, -0.1) is 0 Å². The van der Waals surface area contributed by atoms with Gasteiger partial charge in [0, 0.05) is 4.47 Å². The average molecular weight is 388 g/mol. The number of rotatable bonds is 6. The molecule has 0 unspecified atom stereocenters. The van der Waals surface area contributed by atoms with Crippen LogP contribution in [0.3, 0.4) is 0 Å². The van der Waals surface area contributed by atoms with Crippen molar-refractivity contribution in [2.45, 2.75) is 13.8 Å². The van der Waals surface area contributed by atoms with E-state index in [1.54, 1.807) is 24.3 Å². The van der Waals surface area contributed by atoms with E-state index in [0.717, 1.165) is 21.2 Å². The number of ether oxygens (including phenoxy) is 1. The fraction of sp³-hybridized carbons (Fsp3) is 0.158. The maximum atomic E-state index is 12.5. The average Bonchev–Trinajstić information content (AvgIpc) is 2.54. The van der Waals surface area contributed by atoms with Crippen molar-refractivity contribution in [2.75, 3.05) is 6.61 Å². The SMILES string of the molecule is Cc1ccc(C)c(/C=C/C(=O)c2cc(Br)ccc2OCC(N)=O)c1. The maximum Gasteiger partial charge on any atom is 0.255 e. The van der Waals surface area contributed by atoms with E-state index in [1.165, 1.54) is 6.08 Å². The van der Waals surface area contributed by atoms with Gasteiger partial charge in [-0.3, -0.25) is 9.59 Å². The van der Waals surface area contributed by atoms with Crippen molar-refractivity contribution >= 4 is 33.7 Å². The normalized spacial score (nSPS) is 10.8. The molecule has 0 aromatic heterocycles. The van der Waals surface area contributed by atoms with E-state index >= 15 is 0 Å². The summed E-state index contributed by atoms with van der Waals surface area (Å²) in [6.07, 6.45) is 3.28. The van der Waals surface area contributed by atoms with E-state index in [0.29, 0.717) is 11.3 Å². The summed E-state index contributed by atoms with van der Waals surface area (Å²) in [6.45, 7) is 3.72. The molecule has 0 saturated heterocycles. The first-order valence-corrected chi connectivity index (χ1v) is 8.16. The van der Waals surface area contributed by atoms with Crippen molar-refractivity contribution in [2.24, 2.45) is 5.73 Å². The molecule has 0 heterocycles. The van der Waals surface area contributed by atoms with Crippen LogP contribution in [0.15, 0.2) is 46.9 Å². The summed E-state index contributed by atoms with van der Waals surface area (Å²) < 4.78 is 6.07. The van der Waals surface area contributed by atoms with Crippen LogP contribution in [0.5, 0.6) is 5.75 Å². The van der Waals surface area contributed by atoms with E-state index in [4.69, 9.17) is 10.5 Å². The van der Waals surface area contributed by atoms with Crippen molar-refractivity contribution in [1.82, 2.24) is 0 Å². The number of benzene rings is 2. The van der Waals surface area contributed by atoms with E-state index in [2.05, 4.69) is 15.9 Å². The molecule has 124 valence electrons. The van der Waals surface area contributed by atoms with Crippen LogP contribution in [-0.4, -0.2) is 18.3 Å². The van der Waals surface area contributed by atoms with Gasteiger partial charge < -0.3 is 10.5 Å². The van der Waals surface area contributed by atoms with Gasteiger partial charge in [-0.1, -0.05) is 45.8 Å². The van der Waals surface area contributed by atoms with Crippen molar-refractivity contribution in [3.63, 3.8) is 0 Å². The minimum absolute atomic E-state index is 0.211. The Labute approximate surface area is 149 Å². The molecule has 2 aromatic rings. The van der Waals surface area contributed by atoms with Crippen LogP contribution in [0.2, 0.25) is 0 Å². The molecule has 1 amide bonds. The highest BCUT2D eigenvalue weighted by atomic mass is 79.9. The number of carbonyl (C=O) groups excluding carboxylic acids is 2. The summed E-state index contributed by atoms with van der Waals surface area (Å²) in [4.78, 5) is 23.4. The topological polar surface area (TPSA) is 69.4 Å². The summed E-state index contributed by atoms with van der Waals surface area (Å²) in [5.74, 6) is -0.480. The Kier molecular flexibility index (Phi) is 5.93. The van der Waals surface area contributed by atoms with Gasteiger partial charge in [0.15, 0.2) is 12.4 Å². The van der Waals surface area contributed by atoms with Gasteiger partial charge >= 0.3 is 0 Å². The molecule has 2 aromatic carbocycles. The fourth-order valence-electron chi connectivity index (χ4n) is 2.16. The standard InChI is InChI=1S/C19H18BrNO3/c1-12-3-4-13(2)14(9-12)5-7-17(22)16-10-15(20)6-8-18(16)24-11-19(21)23/h3-10H,11H2,1-2H3,(H2,21,23)/b7-5+.